The topological polar surface area (TPSA) is 70.9 Å². The van der Waals surface area contributed by atoms with Gasteiger partial charge < -0.3 is 10.4 Å². The highest BCUT2D eigenvalue weighted by molar-refractivity contribution is 6.65. The number of halogens is 1. The predicted molar refractivity (Wildman–Crippen MR) is 69.5 cm³/mol. The highest BCUT2D eigenvalue weighted by Crippen LogP contribution is 2.10. The summed E-state index contributed by atoms with van der Waals surface area (Å²) in [6, 6.07) is 9.00. The summed E-state index contributed by atoms with van der Waals surface area (Å²) in [5.41, 5.74) is 0.716. The molecule has 2 N–H and O–H groups in total. The minimum Gasteiger partial charge on any atom is -0.387 e. The second kappa shape index (κ2) is 7.68. The van der Waals surface area contributed by atoms with Crippen LogP contribution in [0.3, 0.4) is 0 Å². The number of aliphatic hydroxyl groups excluding tert-OH is 1. The number of nitrogens with one attached hydrogen (secondary N) is 1. The molecule has 5 nitrogen and oxygen atoms in total. The molecule has 1 atom stereocenters. The van der Waals surface area contributed by atoms with Gasteiger partial charge in [0.25, 0.3) is 0 Å². The van der Waals surface area contributed by atoms with Crippen LogP contribution in [-0.4, -0.2) is 22.9 Å². The van der Waals surface area contributed by atoms with E-state index in [1.54, 1.807) is 19.1 Å². The third-order valence-corrected chi connectivity index (χ3v) is 2.48. The van der Waals surface area contributed by atoms with E-state index in [0.717, 1.165) is 0 Å². The van der Waals surface area contributed by atoms with Crippen molar-refractivity contribution in [3.8, 4) is 0 Å². The van der Waals surface area contributed by atoms with Crippen LogP contribution in [0.15, 0.2) is 35.5 Å². The second-order valence-electron chi connectivity index (χ2n) is 3.51. The Hall–Kier alpha value is -1.59. The number of carbonyl (C=O) groups excluding carboxylic acids is 1. The summed E-state index contributed by atoms with van der Waals surface area (Å²) in [5, 5.41) is 15.7. The third kappa shape index (κ3) is 5.16. The molecule has 0 saturated heterocycles. The Labute approximate surface area is 110 Å². The maximum Gasteiger partial charge on any atom is 0.433 e. The van der Waals surface area contributed by atoms with Crippen molar-refractivity contribution in [2.45, 2.75) is 19.4 Å². The van der Waals surface area contributed by atoms with Crippen LogP contribution in [0.5, 0.6) is 0 Å². The van der Waals surface area contributed by atoms with E-state index < -0.39 is 12.2 Å². The van der Waals surface area contributed by atoms with Gasteiger partial charge in [-0.15, -0.1) is 0 Å². The molecular formula is C12H15ClN2O3. The molecule has 0 heterocycles. The summed E-state index contributed by atoms with van der Waals surface area (Å²) in [6.07, 6.45) is -1.05. The quantitative estimate of drug-likeness (QED) is 0.490. The van der Waals surface area contributed by atoms with Gasteiger partial charge in [0, 0.05) is 6.42 Å². The highest BCUT2D eigenvalue weighted by Gasteiger charge is 2.09. The number of hydrogen-bond donors (Lipinski definition) is 2. The van der Waals surface area contributed by atoms with E-state index in [1.807, 2.05) is 18.2 Å². The molecule has 18 heavy (non-hydrogen) atoms. The van der Waals surface area contributed by atoms with E-state index in [-0.39, 0.29) is 11.7 Å². The molecule has 0 fully saturated rings. The fourth-order valence-corrected chi connectivity index (χ4v) is 1.20. The van der Waals surface area contributed by atoms with E-state index in [9.17, 15) is 9.90 Å². The Kier molecular flexibility index (Phi) is 6.18. The van der Waals surface area contributed by atoms with Gasteiger partial charge in [-0.3, -0.25) is 4.84 Å². The summed E-state index contributed by atoms with van der Waals surface area (Å²) < 4.78 is 0. The molecule has 0 bridgehead atoms. The van der Waals surface area contributed by atoms with Crippen LogP contribution in [0.2, 0.25) is 0 Å². The largest absolute Gasteiger partial charge is 0.433 e. The summed E-state index contributed by atoms with van der Waals surface area (Å²) in [6.45, 7) is 1.83. The molecule has 0 aliphatic rings. The van der Waals surface area contributed by atoms with Gasteiger partial charge in [0.15, 0.2) is 0 Å². The smallest absolute Gasteiger partial charge is 0.387 e. The molecule has 1 aromatic carbocycles. The van der Waals surface area contributed by atoms with Crippen molar-refractivity contribution in [1.82, 2.24) is 5.32 Å². The third-order valence-electron chi connectivity index (χ3n) is 2.14. The Morgan fingerprint density at radius 2 is 2.17 bits per heavy atom. The maximum atomic E-state index is 11.2. The second-order valence-corrected chi connectivity index (χ2v) is 3.94. The lowest BCUT2D eigenvalue weighted by Crippen LogP contribution is -2.28. The van der Waals surface area contributed by atoms with Crippen molar-refractivity contribution in [2.24, 2.45) is 5.16 Å². The van der Waals surface area contributed by atoms with Gasteiger partial charge in [-0.25, -0.2) is 4.79 Å². The fourth-order valence-electron chi connectivity index (χ4n) is 1.16. The number of aliphatic hydroxyl groups is 1. The average Bonchev–Trinajstić information content (AvgIpc) is 2.42. The van der Waals surface area contributed by atoms with Gasteiger partial charge in [-0.05, 0) is 5.56 Å². The fraction of sp³-hybridized carbons (Fsp3) is 0.333. The van der Waals surface area contributed by atoms with Gasteiger partial charge in [0.05, 0.1) is 12.6 Å². The van der Waals surface area contributed by atoms with Crippen molar-refractivity contribution in [3.05, 3.63) is 35.9 Å². The molecule has 6 heteroatoms. The van der Waals surface area contributed by atoms with Crippen LogP contribution >= 0.6 is 11.6 Å². The van der Waals surface area contributed by atoms with Crippen LogP contribution in [0.25, 0.3) is 0 Å². The number of rotatable bonds is 5. The lowest BCUT2D eigenvalue weighted by molar-refractivity contribution is 0.134. The minimum absolute atomic E-state index is 0.0438. The molecule has 0 aromatic heterocycles. The number of carbonyl (C=O) groups is 1. The molecule has 0 spiro atoms. The number of hydrogen-bond acceptors (Lipinski definition) is 4. The Bertz CT molecular complexity index is 409. The Balaban J connectivity index is 2.35. The van der Waals surface area contributed by atoms with Crippen LogP contribution in [0, 0.1) is 0 Å². The summed E-state index contributed by atoms with van der Waals surface area (Å²) in [4.78, 5) is 15.7. The first-order chi connectivity index (χ1) is 8.63. The molecular weight excluding hydrogens is 256 g/mol. The molecule has 98 valence electrons. The van der Waals surface area contributed by atoms with Gasteiger partial charge in [0.2, 0.25) is 0 Å². The number of oxime groups is 1. The van der Waals surface area contributed by atoms with E-state index in [1.165, 1.54) is 0 Å². The molecule has 0 aliphatic heterocycles. The normalized spacial score (nSPS) is 12.9. The van der Waals surface area contributed by atoms with Gasteiger partial charge >= 0.3 is 6.09 Å². The van der Waals surface area contributed by atoms with E-state index in [2.05, 4.69) is 15.3 Å². The molecule has 1 rings (SSSR count). The predicted octanol–water partition coefficient (Wildman–Crippen LogP) is 2.41. The molecule has 0 saturated carbocycles. The summed E-state index contributed by atoms with van der Waals surface area (Å²) >= 11 is 5.56. The Morgan fingerprint density at radius 3 is 2.78 bits per heavy atom. The molecule has 0 unspecified atom stereocenters. The number of nitrogens with zero attached hydrogens (tertiary/aromatic N) is 1. The first kappa shape index (κ1) is 14.5. The monoisotopic (exact) mass is 270 g/mol. The van der Waals surface area contributed by atoms with E-state index in [0.29, 0.717) is 12.0 Å². The summed E-state index contributed by atoms with van der Waals surface area (Å²) in [5.74, 6) is 0. The number of benzene rings is 1. The maximum absolute atomic E-state index is 11.2. The van der Waals surface area contributed by atoms with Crippen molar-refractivity contribution in [1.29, 1.82) is 0 Å². The first-order valence-corrected chi connectivity index (χ1v) is 5.91. The Morgan fingerprint density at radius 1 is 1.50 bits per heavy atom. The van der Waals surface area contributed by atoms with Crippen LogP contribution in [-0.2, 0) is 4.84 Å². The SMILES string of the molecule is CCC(Cl)=NOC(=O)NC[C@H](O)c1ccccc1. The number of amides is 1. The summed E-state index contributed by atoms with van der Waals surface area (Å²) in [7, 11) is 0. The van der Waals surface area contributed by atoms with Crippen molar-refractivity contribution in [2.75, 3.05) is 6.54 Å². The lowest BCUT2D eigenvalue weighted by atomic mass is 10.1. The van der Waals surface area contributed by atoms with E-state index in [4.69, 9.17) is 11.6 Å². The van der Waals surface area contributed by atoms with Crippen molar-refractivity contribution in [3.63, 3.8) is 0 Å². The van der Waals surface area contributed by atoms with Crippen molar-refractivity contribution >= 4 is 22.9 Å². The van der Waals surface area contributed by atoms with Crippen molar-refractivity contribution < 1.29 is 14.7 Å². The molecule has 0 radical (unpaired) electrons. The van der Waals surface area contributed by atoms with Crippen LogP contribution in [0.1, 0.15) is 25.0 Å². The minimum atomic E-state index is -0.788. The highest BCUT2D eigenvalue weighted by atomic mass is 35.5. The lowest BCUT2D eigenvalue weighted by Gasteiger charge is -2.10. The molecule has 1 aromatic rings. The van der Waals surface area contributed by atoms with Gasteiger partial charge in [-0.2, -0.15) is 0 Å². The zero-order chi connectivity index (χ0) is 13.4. The van der Waals surface area contributed by atoms with Gasteiger partial charge in [0.1, 0.15) is 5.17 Å². The van der Waals surface area contributed by atoms with Crippen LogP contribution in [0.4, 0.5) is 4.79 Å². The van der Waals surface area contributed by atoms with Gasteiger partial charge in [-0.1, -0.05) is 54.0 Å². The first-order valence-electron chi connectivity index (χ1n) is 5.53. The van der Waals surface area contributed by atoms with E-state index >= 15 is 0 Å². The standard InChI is InChI=1S/C12H15ClN2O3/c1-2-11(13)15-18-12(17)14-8-10(16)9-6-4-3-5-7-9/h3-7,10,16H,2,8H2,1H3,(H,14,17)/t10-/m0/s1. The molecule has 0 aliphatic carbocycles. The zero-order valence-corrected chi connectivity index (χ0v) is 10.7. The zero-order valence-electron chi connectivity index (χ0n) is 9.97. The average molecular weight is 271 g/mol. The molecule has 1 amide bonds. The van der Waals surface area contributed by atoms with Crippen LogP contribution < -0.4 is 5.32 Å².